The Morgan fingerprint density at radius 3 is 2.56 bits per heavy atom. The van der Waals surface area contributed by atoms with E-state index in [-0.39, 0.29) is 13.0 Å². The van der Waals surface area contributed by atoms with Crippen LogP contribution in [0.2, 0.25) is 0 Å². The summed E-state index contributed by atoms with van der Waals surface area (Å²) in [6.45, 7) is 4.28. The van der Waals surface area contributed by atoms with Crippen LogP contribution in [0.1, 0.15) is 13.3 Å². The zero-order valence-electron chi connectivity index (χ0n) is 9.36. The second-order valence-corrected chi connectivity index (χ2v) is 3.65. The van der Waals surface area contributed by atoms with Crippen LogP contribution in [0.25, 0.3) is 0 Å². The second-order valence-electron chi connectivity index (χ2n) is 3.65. The smallest absolute Gasteiger partial charge is 0.365 e. The number of quaternary nitrogens is 1. The Bertz CT molecular complexity index is 250. The molecule has 1 N–H and O–H groups in total. The van der Waals surface area contributed by atoms with Crippen LogP contribution in [0.4, 0.5) is 0 Å². The maximum Gasteiger partial charge on any atom is 0.365 e. The number of esters is 1. The number of rotatable bonds is 5. The van der Waals surface area contributed by atoms with E-state index in [1.54, 1.807) is 6.92 Å². The summed E-state index contributed by atoms with van der Waals surface area (Å²) >= 11 is 0. The fraction of sp³-hybridized carbons (Fsp3) is 0.800. The molecule has 1 rings (SSSR count). The van der Waals surface area contributed by atoms with Gasteiger partial charge in [-0.05, 0) is 6.92 Å². The lowest BCUT2D eigenvalue weighted by molar-refractivity contribution is -0.924. The normalized spacial score (nSPS) is 19.1. The van der Waals surface area contributed by atoms with Crippen molar-refractivity contribution in [1.82, 2.24) is 0 Å². The lowest BCUT2D eigenvalue weighted by Crippen LogP contribution is -3.18. The van der Waals surface area contributed by atoms with Crippen molar-refractivity contribution in [3.8, 4) is 0 Å². The number of carboxylic acid groups (broad SMARTS) is 1. The monoisotopic (exact) mass is 231 g/mol. The van der Waals surface area contributed by atoms with Gasteiger partial charge in [-0.3, -0.25) is 0 Å². The number of carbonyl (C=O) groups is 2. The van der Waals surface area contributed by atoms with E-state index in [2.05, 4.69) is 0 Å². The van der Waals surface area contributed by atoms with Crippen molar-refractivity contribution in [1.29, 1.82) is 0 Å². The molecule has 0 aromatic carbocycles. The minimum atomic E-state index is -1.22. The summed E-state index contributed by atoms with van der Waals surface area (Å²) in [7, 11) is 0. The topological polar surface area (TPSA) is 80.1 Å². The standard InChI is InChI=1S/C10H17NO5/c1-2-16-10(14)8(7-9(12)13)11-3-5-15-6-4-11/h8H,2-7H2,1H3,(H,12,13)/t8-/m0/s1. The molecule has 6 heteroatoms. The SMILES string of the molecule is CCOC(=O)[C@H](CC(=O)[O-])[NH+]1CCOCC1. The van der Waals surface area contributed by atoms with Crippen molar-refractivity contribution < 1.29 is 29.1 Å². The Morgan fingerprint density at radius 2 is 2.06 bits per heavy atom. The van der Waals surface area contributed by atoms with Crippen LogP contribution in [-0.2, 0) is 19.1 Å². The average molecular weight is 231 g/mol. The summed E-state index contributed by atoms with van der Waals surface area (Å²) in [5, 5.41) is 10.6. The molecule has 1 fully saturated rings. The number of hydrogen-bond donors (Lipinski definition) is 1. The van der Waals surface area contributed by atoms with Gasteiger partial charge in [-0.2, -0.15) is 0 Å². The third kappa shape index (κ3) is 3.79. The number of nitrogens with one attached hydrogen (secondary N) is 1. The molecule has 0 unspecified atom stereocenters. The molecule has 1 aliphatic rings. The molecule has 16 heavy (non-hydrogen) atoms. The molecule has 0 spiro atoms. The van der Waals surface area contributed by atoms with Gasteiger partial charge in [-0.15, -0.1) is 0 Å². The van der Waals surface area contributed by atoms with Gasteiger partial charge in [0.1, 0.15) is 13.1 Å². The molecule has 1 heterocycles. The molecule has 0 radical (unpaired) electrons. The lowest BCUT2D eigenvalue weighted by Gasteiger charge is -2.30. The molecule has 92 valence electrons. The predicted molar refractivity (Wildman–Crippen MR) is 51.6 cm³/mol. The molecule has 0 aliphatic carbocycles. The van der Waals surface area contributed by atoms with Crippen molar-refractivity contribution in [2.45, 2.75) is 19.4 Å². The summed E-state index contributed by atoms with van der Waals surface area (Å²) < 4.78 is 10.0. The molecule has 0 aromatic rings. The predicted octanol–water partition coefficient (Wildman–Crippen LogP) is -3.03. The van der Waals surface area contributed by atoms with E-state index in [1.807, 2.05) is 0 Å². The van der Waals surface area contributed by atoms with Gasteiger partial charge < -0.3 is 24.3 Å². The van der Waals surface area contributed by atoms with Crippen LogP contribution < -0.4 is 10.0 Å². The highest BCUT2D eigenvalue weighted by molar-refractivity contribution is 5.79. The fourth-order valence-electron chi connectivity index (χ4n) is 1.79. The molecule has 0 saturated carbocycles. The molecule has 0 bridgehead atoms. The van der Waals surface area contributed by atoms with Gasteiger partial charge in [-0.1, -0.05) is 0 Å². The summed E-state index contributed by atoms with van der Waals surface area (Å²) in [5.41, 5.74) is 0. The Hall–Kier alpha value is -1.14. The Kier molecular flexibility index (Phi) is 5.21. The summed E-state index contributed by atoms with van der Waals surface area (Å²) in [6.07, 6.45) is -0.297. The summed E-state index contributed by atoms with van der Waals surface area (Å²) in [5.74, 6) is -1.69. The largest absolute Gasteiger partial charge is 0.550 e. The number of carboxylic acids is 1. The van der Waals surface area contributed by atoms with Crippen LogP contribution in [0.5, 0.6) is 0 Å². The average Bonchev–Trinajstić information content (AvgIpc) is 2.27. The first-order valence-electron chi connectivity index (χ1n) is 5.44. The fourth-order valence-corrected chi connectivity index (χ4v) is 1.79. The maximum absolute atomic E-state index is 11.6. The van der Waals surface area contributed by atoms with E-state index in [9.17, 15) is 14.7 Å². The van der Waals surface area contributed by atoms with Gasteiger partial charge in [0.05, 0.1) is 26.2 Å². The van der Waals surface area contributed by atoms with E-state index in [1.165, 1.54) is 0 Å². The van der Waals surface area contributed by atoms with Crippen LogP contribution in [0.15, 0.2) is 0 Å². The molecule has 0 amide bonds. The van der Waals surface area contributed by atoms with Crippen LogP contribution in [0, 0.1) is 0 Å². The first-order chi connectivity index (χ1) is 7.65. The Labute approximate surface area is 94.1 Å². The van der Waals surface area contributed by atoms with E-state index in [4.69, 9.17) is 9.47 Å². The van der Waals surface area contributed by atoms with Crippen LogP contribution in [-0.4, -0.2) is 50.9 Å². The molecule has 1 aliphatic heterocycles. The van der Waals surface area contributed by atoms with Crippen molar-refractivity contribution in [3.63, 3.8) is 0 Å². The molecular weight excluding hydrogens is 214 g/mol. The summed E-state index contributed by atoms with van der Waals surface area (Å²) in [4.78, 5) is 23.1. The quantitative estimate of drug-likeness (QED) is 0.509. The Balaban J connectivity index is 2.60. The van der Waals surface area contributed by atoms with E-state index in [0.717, 1.165) is 4.90 Å². The van der Waals surface area contributed by atoms with Gasteiger partial charge in [0.25, 0.3) is 0 Å². The molecule has 1 saturated heterocycles. The highest BCUT2D eigenvalue weighted by Crippen LogP contribution is 1.93. The van der Waals surface area contributed by atoms with E-state index < -0.39 is 18.0 Å². The first kappa shape index (κ1) is 12.9. The zero-order valence-corrected chi connectivity index (χ0v) is 9.36. The first-order valence-corrected chi connectivity index (χ1v) is 5.44. The van der Waals surface area contributed by atoms with Crippen LogP contribution in [0.3, 0.4) is 0 Å². The van der Waals surface area contributed by atoms with E-state index >= 15 is 0 Å². The number of morpholine rings is 1. The number of hydrogen-bond acceptors (Lipinski definition) is 5. The third-order valence-electron chi connectivity index (χ3n) is 2.57. The molecular formula is C10H17NO5. The molecule has 1 atom stereocenters. The molecule has 0 aromatic heterocycles. The van der Waals surface area contributed by atoms with Gasteiger partial charge in [-0.25, -0.2) is 4.79 Å². The van der Waals surface area contributed by atoms with Gasteiger partial charge in [0.2, 0.25) is 0 Å². The zero-order chi connectivity index (χ0) is 12.0. The minimum Gasteiger partial charge on any atom is -0.550 e. The highest BCUT2D eigenvalue weighted by Gasteiger charge is 2.32. The van der Waals surface area contributed by atoms with Gasteiger partial charge in [0, 0.05) is 5.97 Å². The molecule has 6 nitrogen and oxygen atoms in total. The number of carbonyl (C=O) groups excluding carboxylic acids is 2. The third-order valence-corrected chi connectivity index (χ3v) is 2.57. The number of aliphatic carboxylic acids is 1. The van der Waals surface area contributed by atoms with Crippen molar-refractivity contribution in [2.75, 3.05) is 32.9 Å². The minimum absolute atomic E-state index is 0.256. The van der Waals surface area contributed by atoms with E-state index in [0.29, 0.717) is 26.3 Å². The van der Waals surface area contributed by atoms with Gasteiger partial charge in [0.15, 0.2) is 6.04 Å². The van der Waals surface area contributed by atoms with Gasteiger partial charge >= 0.3 is 5.97 Å². The second kappa shape index (κ2) is 6.44. The maximum atomic E-state index is 11.6. The highest BCUT2D eigenvalue weighted by atomic mass is 16.5. The number of ether oxygens (including phenoxy) is 2. The summed E-state index contributed by atoms with van der Waals surface area (Å²) in [6, 6.07) is -0.672. The Morgan fingerprint density at radius 1 is 1.44 bits per heavy atom. The van der Waals surface area contributed by atoms with Crippen LogP contribution >= 0.6 is 0 Å². The lowest BCUT2D eigenvalue weighted by atomic mass is 10.1. The van der Waals surface area contributed by atoms with Crippen molar-refractivity contribution >= 4 is 11.9 Å². The van der Waals surface area contributed by atoms with Crippen molar-refractivity contribution in [2.24, 2.45) is 0 Å². The van der Waals surface area contributed by atoms with Crippen molar-refractivity contribution in [3.05, 3.63) is 0 Å².